The van der Waals surface area contributed by atoms with Crippen LogP contribution in [0.4, 0.5) is 0 Å². The predicted octanol–water partition coefficient (Wildman–Crippen LogP) is 4.18. The molecule has 88 valence electrons. The standard InChI is InChI=1S/C13H17ClOS/c1-7-4-11(16-13(7)14)12(15)10-6-8-2-3-9(10)5-8/h4,8-10,12,15H,2-3,5-6H2,1H3. The Balaban J connectivity index is 1.80. The van der Waals surface area contributed by atoms with Crippen molar-refractivity contribution in [3.8, 4) is 0 Å². The topological polar surface area (TPSA) is 20.2 Å². The fraction of sp³-hybridized carbons (Fsp3) is 0.692. The molecule has 1 aromatic heterocycles. The average molecular weight is 257 g/mol. The number of rotatable bonds is 2. The maximum Gasteiger partial charge on any atom is 0.0961 e. The highest BCUT2D eigenvalue weighted by atomic mass is 35.5. The molecule has 0 saturated heterocycles. The van der Waals surface area contributed by atoms with Crippen molar-refractivity contribution in [1.29, 1.82) is 0 Å². The zero-order chi connectivity index (χ0) is 11.3. The van der Waals surface area contributed by atoms with Crippen LogP contribution in [0.3, 0.4) is 0 Å². The van der Waals surface area contributed by atoms with Crippen molar-refractivity contribution in [2.45, 2.75) is 38.7 Å². The highest BCUT2D eigenvalue weighted by molar-refractivity contribution is 7.16. The van der Waals surface area contributed by atoms with E-state index in [1.807, 2.05) is 6.92 Å². The van der Waals surface area contributed by atoms with E-state index in [1.165, 1.54) is 25.7 Å². The first kappa shape index (κ1) is 11.1. The van der Waals surface area contributed by atoms with Crippen LogP contribution >= 0.6 is 22.9 Å². The Morgan fingerprint density at radius 1 is 1.44 bits per heavy atom. The van der Waals surface area contributed by atoms with Gasteiger partial charge in [-0.1, -0.05) is 18.0 Å². The Morgan fingerprint density at radius 3 is 2.75 bits per heavy atom. The number of fused-ring (bicyclic) bond motifs is 2. The van der Waals surface area contributed by atoms with E-state index in [9.17, 15) is 5.11 Å². The van der Waals surface area contributed by atoms with Crippen molar-refractivity contribution in [2.75, 3.05) is 0 Å². The van der Waals surface area contributed by atoms with E-state index < -0.39 is 0 Å². The molecule has 0 spiro atoms. The number of aliphatic hydroxyl groups excluding tert-OH is 1. The molecule has 0 radical (unpaired) electrons. The largest absolute Gasteiger partial charge is 0.387 e. The lowest BCUT2D eigenvalue weighted by Crippen LogP contribution is -2.18. The van der Waals surface area contributed by atoms with Gasteiger partial charge in [-0.25, -0.2) is 0 Å². The van der Waals surface area contributed by atoms with E-state index in [0.29, 0.717) is 5.92 Å². The summed E-state index contributed by atoms with van der Waals surface area (Å²) in [5.74, 6) is 2.15. The van der Waals surface area contributed by atoms with Gasteiger partial charge in [-0.15, -0.1) is 11.3 Å². The lowest BCUT2D eigenvalue weighted by molar-refractivity contribution is 0.0774. The monoisotopic (exact) mass is 256 g/mol. The van der Waals surface area contributed by atoms with Crippen molar-refractivity contribution in [3.63, 3.8) is 0 Å². The van der Waals surface area contributed by atoms with E-state index in [0.717, 1.165) is 26.6 Å². The van der Waals surface area contributed by atoms with Gasteiger partial charge in [0, 0.05) is 4.88 Å². The quantitative estimate of drug-likeness (QED) is 0.842. The van der Waals surface area contributed by atoms with Gasteiger partial charge in [-0.3, -0.25) is 0 Å². The third-order valence-electron chi connectivity index (χ3n) is 4.37. The molecule has 3 heteroatoms. The van der Waals surface area contributed by atoms with Crippen LogP contribution in [0.1, 0.15) is 42.2 Å². The first-order chi connectivity index (χ1) is 7.65. The summed E-state index contributed by atoms with van der Waals surface area (Å²) in [6.45, 7) is 2.01. The summed E-state index contributed by atoms with van der Waals surface area (Å²) in [6.07, 6.45) is 5.01. The molecule has 2 aliphatic rings. The molecule has 0 aromatic carbocycles. The Hall–Kier alpha value is -0.0500. The van der Waals surface area contributed by atoms with Crippen molar-refractivity contribution in [1.82, 2.24) is 0 Å². The summed E-state index contributed by atoms with van der Waals surface area (Å²) in [7, 11) is 0. The number of hydrogen-bond acceptors (Lipinski definition) is 2. The minimum atomic E-state index is -0.272. The maximum atomic E-state index is 10.4. The van der Waals surface area contributed by atoms with Crippen LogP contribution in [-0.2, 0) is 0 Å². The fourth-order valence-electron chi connectivity index (χ4n) is 3.52. The summed E-state index contributed by atoms with van der Waals surface area (Å²) in [6, 6.07) is 2.06. The van der Waals surface area contributed by atoms with Crippen LogP contribution in [-0.4, -0.2) is 5.11 Å². The van der Waals surface area contributed by atoms with Gasteiger partial charge in [0.25, 0.3) is 0 Å². The first-order valence-electron chi connectivity index (χ1n) is 6.09. The number of hydrogen-bond donors (Lipinski definition) is 1. The smallest absolute Gasteiger partial charge is 0.0961 e. The van der Waals surface area contributed by atoms with E-state index in [-0.39, 0.29) is 6.10 Å². The SMILES string of the molecule is Cc1cc(C(O)C2CC3CCC2C3)sc1Cl. The number of thiophene rings is 1. The zero-order valence-corrected chi connectivity index (χ0v) is 11.0. The summed E-state index contributed by atoms with van der Waals surface area (Å²) in [4.78, 5) is 1.07. The molecule has 4 atom stereocenters. The minimum absolute atomic E-state index is 0.272. The Morgan fingerprint density at radius 2 is 2.25 bits per heavy atom. The molecular weight excluding hydrogens is 240 g/mol. The van der Waals surface area contributed by atoms with Gasteiger partial charge in [0.05, 0.1) is 10.4 Å². The van der Waals surface area contributed by atoms with Crippen LogP contribution in [0, 0.1) is 24.7 Å². The first-order valence-corrected chi connectivity index (χ1v) is 7.28. The highest BCUT2D eigenvalue weighted by Gasteiger charge is 2.43. The molecule has 3 rings (SSSR count). The Bertz CT molecular complexity index is 381. The Kier molecular flexibility index (Phi) is 2.77. The minimum Gasteiger partial charge on any atom is -0.387 e. The van der Waals surface area contributed by atoms with Crippen LogP contribution in [0.2, 0.25) is 4.34 Å². The van der Waals surface area contributed by atoms with E-state index in [4.69, 9.17) is 11.6 Å². The second-order valence-corrected chi connectivity index (χ2v) is 7.07. The molecule has 1 heterocycles. The molecule has 2 aliphatic carbocycles. The van der Waals surface area contributed by atoms with E-state index in [1.54, 1.807) is 11.3 Å². The van der Waals surface area contributed by atoms with Gasteiger partial charge >= 0.3 is 0 Å². The van der Waals surface area contributed by atoms with Crippen LogP contribution < -0.4 is 0 Å². The van der Waals surface area contributed by atoms with Gasteiger partial charge in [0.2, 0.25) is 0 Å². The molecule has 0 amide bonds. The molecule has 2 bridgehead atoms. The predicted molar refractivity (Wildman–Crippen MR) is 68.0 cm³/mol. The average Bonchev–Trinajstić information content (AvgIpc) is 2.94. The third-order valence-corrected chi connectivity index (χ3v) is 5.99. The van der Waals surface area contributed by atoms with Crippen molar-refractivity contribution in [3.05, 3.63) is 20.8 Å². The third kappa shape index (κ3) is 1.71. The Labute approximate surface area is 105 Å². The van der Waals surface area contributed by atoms with Crippen LogP contribution in [0.5, 0.6) is 0 Å². The second kappa shape index (κ2) is 4.01. The molecule has 16 heavy (non-hydrogen) atoms. The lowest BCUT2D eigenvalue weighted by atomic mass is 9.84. The van der Waals surface area contributed by atoms with Gasteiger partial charge in [0.15, 0.2) is 0 Å². The van der Waals surface area contributed by atoms with Crippen molar-refractivity contribution in [2.24, 2.45) is 17.8 Å². The summed E-state index contributed by atoms with van der Waals surface area (Å²) in [5, 5.41) is 10.4. The number of aryl methyl sites for hydroxylation is 1. The second-order valence-electron chi connectivity index (χ2n) is 5.39. The molecule has 1 nitrogen and oxygen atoms in total. The van der Waals surface area contributed by atoms with Gasteiger partial charge in [-0.2, -0.15) is 0 Å². The van der Waals surface area contributed by atoms with Crippen molar-refractivity contribution < 1.29 is 5.11 Å². The van der Waals surface area contributed by atoms with E-state index >= 15 is 0 Å². The number of halogens is 1. The molecule has 4 unspecified atom stereocenters. The molecule has 2 fully saturated rings. The zero-order valence-electron chi connectivity index (χ0n) is 9.45. The van der Waals surface area contributed by atoms with Crippen molar-refractivity contribution >= 4 is 22.9 Å². The van der Waals surface area contributed by atoms with Gasteiger partial charge in [-0.05, 0) is 55.6 Å². The lowest BCUT2D eigenvalue weighted by Gasteiger charge is -2.25. The summed E-state index contributed by atoms with van der Waals surface area (Å²) >= 11 is 7.62. The van der Waals surface area contributed by atoms with Gasteiger partial charge < -0.3 is 5.11 Å². The number of aliphatic hydroxyl groups is 1. The van der Waals surface area contributed by atoms with Gasteiger partial charge in [0.1, 0.15) is 0 Å². The normalized spacial score (nSPS) is 34.6. The molecule has 1 N–H and O–H groups in total. The van der Waals surface area contributed by atoms with E-state index in [2.05, 4.69) is 6.07 Å². The molecule has 0 aliphatic heterocycles. The molecule has 1 aromatic rings. The maximum absolute atomic E-state index is 10.4. The van der Waals surface area contributed by atoms with Crippen LogP contribution in [0.15, 0.2) is 6.07 Å². The fourth-order valence-corrected chi connectivity index (χ4v) is 4.80. The van der Waals surface area contributed by atoms with Crippen LogP contribution in [0.25, 0.3) is 0 Å². The summed E-state index contributed by atoms with van der Waals surface area (Å²) in [5.41, 5.74) is 1.10. The molecule has 2 saturated carbocycles. The molecular formula is C13H17ClOS. The highest BCUT2D eigenvalue weighted by Crippen LogP contribution is 2.53. The summed E-state index contributed by atoms with van der Waals surface area (Å²) < 4.78 is 0.831.